The van der Waals surface area contributed by atoms with Crippen LogP contribution in [0.2, 0.25) is 0 Å². The Hall–Kier alpha value is -4.36. The summed E-state index contributed by atoms with van der Waals surface area (Å²) in [6.07, 6.45) is 9.85. The van der Waals surface area contributed by atoms with Crippen LogP contribution in [0.5, 0.6) is 0 Å². The number of benzene rings is 6. The molecule has 43 heavy (non-hydrogen) atoms. The number of nitrogens with zero attached hydrogens (tertiary/aromatic N) is 1. The summed E-state index contributed by atoms with van der Waals surface area (Å²) in [5.41, 5.74) is 15.6. The summed E-state index contributed by atoms with van der Waals surface area (Å²) in [4.78, 5) is 2.65. The average molecular weight is 558 g/mol. The van der Waals surface area contributed by atoms with Crippen LogP contribution in [-0.4, -0.2) is 0 Å². The monoisotopic (exact) mass is 557 g/mol. The van der Waals surface area contributed by atoms with E-state index >= 15 is 0 Å². The zero-order valence-electron chi connectivity index (χ0n) is 25.4. The minimum Gasteiger partial charge on any atom is -0.309 e. The lowest BCUT2D eigenvalue weighted by Crippen LogP contribution is -2.20. The van der Waals surface area contributed by atoms with E-state index in [1.807, 2.05) is 0 Å². The Morgan fingerprint density at radius 3 is 1.65 bits per heavy atom. The van der Waals surface area contributed by atoms with Gasteiger partial charge in [-0.05, 0) is 149 Å². The molecule has 2 aliphatic rings. The summed E-state index contributed by atoms with van der Waals surface area (Å²) in [5.74, 6) is 0. The van der Waals surface area contributed by atoms with Gasteiger partial charge < -0.3 is 4.90 Å². The largest absolute Gasteiger partial charge is 0.309 e. The molecular weight excluding hydrogens is 518 g/mol. The van der Waals surface area contributed by atoms with Crippen LogP contribution in [0.25, 0.3) is 32.7 Å². The highest BCUT2D eigenvalue weighted by Gasteiger charge is 2.27. The molecule has 0 fully saturated rings. The van der Waals surface area contributed by atoms with E-state index in [1.165, 1.54) is 99.4 Å². The predicted octanol–water partition coefficient (Wildman–Crippen LogP) is 11.5. The number of hydrogen-bond acceptors (Lipinski definition) is 1. The Kier molecular flexibility index (Phi) is 6.56. The summed E-state index contributed by atoms with van der Waals surface area (Å²) in [5, 5.41) is 5.24. The van der Waals surface area contributed by atoms with Gasteiger partial charge in [-0.1, -0.05) is 84.9 Å². The van der Waals surface area contributed by atoms with Gasteiger partial charge in [0.15, 0.2) is 0 Å². The first-order valence-corrected chi connectivity index (χ1v) is 16.2. The van der Waals surface area contributed by atoms with Crippen molar-refractivity contribution in [1.29, 1.82) is 0 Å². The minimum atomic E-state index is 1.16. The standard InChI is InChI=1S/C42H39N/c1-28-19-21-30-11-3-7-15-36(30)41(28)43(42-29(2)20-22-31-12-4-8-16-37(31)42)34-25-23-32(24-26-34)40-27-33-13-5-6-14-35(33)38-17-9-10-18-39(38)40/h5-6,9-10,13-14,17-27H,3-4,7-8,11-12,15-16H2,1-2H3. The Balaban J connectivity index is 1.34. The Morgan fingerprint density at radius 2 is 1.02 bits per heavy atom. The van der Waals surface area contributed by atoms with Crippen molar-refractivity contribution in [2.24, 2.45) is 0 Å². The van der Waals surface area contributed by atoms with E-state index < -0.39 is 0 Å². The maximum Gasteiger partial charge on any atom is 0.0525 e. The molecular formula is C42H39N. The number of rotatable bonds is 4. The highest BCUT2D eigenvalue weighted by Crippen LogP contribution is 2.47. The normalized spacial score (nSPS) is 14.5. The molecule has 6 aromatic carbocycles. The van der Waals surface area contributed by atoms with Crippen molar-refractivity contribution in [3.63, 3.8) is 0 Å². The van der Waals surface area contributed by atoms with E-state index in [4.69, 9.17) is 0 Å². The van der Waals surface area contributed by atoms with Gasteiger partial charge in [0.25, 0.3) is 0 Å². The predicted molar refractivity (Wildman–Crippen MR) is 184 cm³/mol. The second kappa shape index (κ2) is 10.7. The molecule has 1 nitrogen and oxygen atoms in total. The quantitative estimate of drug-likeness (QED) is 0.195. The topological polar surface area (TPSA) is 3.24 Å². The van der Waals surface area contributed by atoms with Gasteiger partial charge >= 0.3 is 0 Å². The van der Waals surface area contributed by atoms with E-state index in [-0.39, 0.29) is 0 Å². The lowest BCUT2D eigenvalue weighted by molar-refractivity contribution is 0.681. The van der Waals surface area contributed by atoms with E-state index in [2.05, 4.69) is 122 Å². The first-order valence-electron chi connectivity index (χ1n) is 16.2. The molecule has 6 aromatic rings. The fourth-order valence-corrected chi connectivity index (χ4v) is 7.93. The van der Waals surface area contributed by atoms with Crippen LogP contribution in [0, 0.1) is 13.8 Å². The molecule has 0 aliphatic heterocycles. The zero-order valence-corrected chi connectivity index (χ0v) is 25.4. The van der Waals surface area contributed by atoms with Gasteiger partial charge in [0.05, 0.1) is 11.4 Å². The van der Waals surface area contributed by atoms with Crippen LogP contribution in [0.1, 0.15) is 59.1 Å². The Morgan fingerprint density at radius 1 is 0.488 bits per heavy atom. The van der Waals surface area contributed by atoms with Crippen LogP contribution >= 0.6 is 0 Å². The van der Waals surface area contributed by atoms with Crippen molar-refractivity contribution in [2.75, 3.05) is 4.90 Å². The molecule has 2 aliphatic carbocycles. The third-order valence-electron chi connectivity index (χ3n) is 10.1. The molecule has 0 N–H and O–H groups in total. The molecule has 0 aromatic heterocycles. The minimum absolute atomic E-state index is 1.16. The summed E-state index contributed by atoms with van der Waals surface area (Å²) in [6.45, 7) is 4.63. The molecule has 0 spiro atoms. The first-order chi connectivity index (χ1) is 21.2. The van der Waals surface area contributed by atoms with Crippen molar-refractivity contribution < 1.29 is 0 Å². The van der Waals surface area contributed by atoms with Crippen molar-refractivity contribution in [3.8, 4) is 11.1 Å². The van der Waals surface area contributed by atoms with Gasteiger partial charge in [0.1, 0.15) is 0 Å². The Labute approximate surface area is 255 Å². The van der Waals surface area contributed by atoms with Gasteiger partial charge in [0.2, 0.25) is 0 Å². The SMILES string of the molecule is Cc1ccc2c(c1N(c1ccc(-c3cc4ccccc4c4ccccc34)cc1)c1c(C)ccc3c1CCCC3)CCCC2. The number of hydrogen-bond donors (Lipinski definition) is 0. The van der Waals surface area contributed by atoms with Crippen molar-refractivity contribution in [3.05, 3.63) is 137 Å². The molecule has 0 atom stereocenters. The van der Waals surface area contributed by atoms with Gasteiger partial charge in [-0.15, -0.1) is 0 Å². The third kappa shape index (κ3) is 4.45. The number of aryl methyl sites for hydroxylation is 4. The van der Waals surface area contributed by atoms with Gasteiger partial charge in [-0.25, -0.2) is 0 Å². The second-order valence-electron chi connectivity index (χ2n) is 12.7. The third-order valence-corrected chi connectivity index (χ3v) is 10.1. The van der Waals surface area contributed by atoms with E-state index in [1.54, 1.807) is 22.3 Å². The van der Waals surface area contributed by atoms with Gasteiger partial charge in [0, 0.05) is 5.69 Å². The lowest BCUT2D eigenvalue weighted by atomic mass is 9.85. The van der Waals surface area contributed by atoms with Crippen LogP contribution in [0.15, 0.2) is 103 Å². The molecule has 0 saturated heterocycles. The van der Waals surface area contributed by atoms with Crippen molar-refractivity contribution in [2.45, 2.75) is 65.2 Å². The Bertz CT molecular complexity index is 1930. The highest BCUT2D eigenvalue weighted by molar-refractivity contribution is 6.13. The summed E-state index contributed by atoms with van der Waals surface area (Å²) < 4.78 is 0. The van der Waals surface area contributed by atoms with E-state index in [0.29, 0.717) is 0 Å². The molecule has 0 heterocycles. The maximum absolute atomic E-state index is 2.65. The average Bonchev–Trinajstić information content (AvgIpc) is 3.06. The smallest absolute Gasteiger partial charge is 0.0525 e. The highest BCUT2D eigenvalue weighted by atomic mass is 15.2. The van der Waals surface area contributed by atoms with E-state index in [0.717, 1.165) is 12.8 Å². The summed E-state index contributed by atoms with van der Waals surface area (Å²) in [7, 11) is 0. The fraction of sp³-hybridized carbons (Fsp3) is 0.238. The molecule has 8 rings (SSSR count). The van der Waals surface area contributed by atoms with Crippen molar-refractivity contribution >= 4 is 38.6 Å². The summed E-state index contributed by atoms with van der Waals surface area (Å²) in [6, 6.07) is 39.0. The fourth-order valence-electron chi connectivity index (χ4n) is 7.93. The lowest BCUT2D eigenvalue weighted by Gasteiger charge is -2.35. The number of anilines is 3. The number of fused-ring (bicyclic) bond motifs is 5. The van der Waals surface area contributed by atoms with Crippen molar-refractivity contribution in [1.82, 2.24) is 0 Å². The molecule has 0 amide bonds. The molecule has 212 valence electrons. The van der Waals surface area contributed by atoms with Gasteiger partial charge in [-0.2, -0.15) is 0 Å². The zero-order chi connectivity index (χ0) is 28.9. The van der Waals surface area contributed by atoms with Crippen LogP contribution in [0.3, 0.4) is 0 Å². The maximum atomic E-state index is 2.65. The van der Waals surface area contributed by atoms with Crippen LogP contribution in [0.4, 0.5) is 17.1 Å². The van der Waals surface area contributed by atoms with Crippen LogP contribution in [-0.2, 0) is 25.7 Å². The molecule has 0 bridgehead atoms. The first kappa shape index (κ1) is 26.3. The second-order valence-corrected chi connectivity index (χ2v) is 12.7. The molecule has 1 heteroatoms. The van der Waals surface area contributed by atoms with Gasteiger partial charge in [-0.3, -0.25) is 0 Å². The molecule has 0 unspecified atom stereocenters. The van der Waals surface area contributed by atoms with E-state index in [9.17, 15) is 0 Å². The van der Waals surface area contributed by atoms with Crippen LogP contribution < -0.4 is 4.90 Å². The molecule has 0 radical (unpaired) electrons. The summed E-state index contributed by atoms with van der Waals surface area (Å²) >= 11 is 0. The molecule has 0 saturated carbocycles.